The van der Waals surface area contributed by atoms with Gasteiger partial charge in [-0.05, 0) is 19.1 Å². The zero-order valence-electron chi connectivity index (χ0n) is 10.7. The van der Waals surface area contributed by atoms with Gasteiger partial charge >= 0.3 is 5.97 Å². The number of esters is 1. The molecule has 0 aliphatic carbocycles. The third kappa shape index (κ3) is 2.20. The first-order valence-corrected chi connectivity index (χ1v) is 6.09. The van der Waals surface area contributed by atoms with Gasteiger partial charge in [-0.25, -0.2) is 14.5 Å². The lowest BCUT2D eigenvalue weighted by Crippen LogP contribution is -2.05. The monoisotopic (exact) mass is 269 g/mol. The van der Waals surface area contributed by atoms with Gasteiger partial charge in [0, 0.05) is 6.20 Å². The minimum atomic E-state index is -0.424. The molecule has 0 saturated carbocycles. The molecule has 0 aliphatic heterocycles. The third-order valence-electron chi connectivity index (χ3n) is 2.65. The molecule has 0 radical (unpaired) electrons. The summed E-state index contributed by atoms with van der Waals surface area (Å²) >= 11 is 0. The van der Waals surface area contributed by atoms with Crippen LogP contribution in [0.15, 0.2) is 36.7 Å². The van der Waals surface area contributed by atoms with Crippen LogP contribution >= 0.6 is 0 Å². The van der Waals surface area contributed by atoms with Gasteiger partial charge in [-0.3, -0.25) is 0 Å². The Hall–Kier alpha value is -2.83. The van der Waals surface area contributed by atoms with Crippen molar-refractivity contribution < 1.29 is 9.53 Å². The summed E-state index contributed by atoms with van der Waals surface area (Å²) in [4.78, 5) is 15.9. The van der Waals surface area contributed by atoms with E-state index < -0.39 is 5.97 Å². The highest BCUT2D eigenvalue weighted by Crippen LogP contribution is 2.09. The second-order valence-corrected chi connectivity index (χ2v) is 3.99. The molecule has 20 heavy (non-hydrogen) atoms. The fourth-order valence-electron chi connectivity index (χ4n) is 1.72. The number of carbonyl (C=O) groups excluding carboxylic acids is 1. The van der Waals surface area contributed by atoms with Crippen molar-refractivity contribution in [2.75, 3.05) is 6.61 Å². The Kier molecular flexibility index (Phi) is 3.08. The average Bonchev–Trinajstić information content (AvgIpc) is 2.97. The Morgan fingerprint density at radius 2 is 2.05 bits per heavy atom. The van der Waals surface area contributed by atoms with Crippen LogP contribution in [0.1, 0.15) is 17.3 Å². The van der Waals surface area contributed by atoms with Crippen LogP contribution in [0.2, 0.25) is 0 Å². The molecule has 3 aromatic rings. The maximum Gasteiger partial charge on any atom is 0.341 e. The van der Waals surface area contributed by atoms with Crippen molar-refractivity contribution >= 4 is 17.0 Å². The molecule has 7 heteroatoms. The van der Waals surface area contributed by atoms with E-state index in [4.69, 9.17) is 4.74 Å². The van der Waals surface area contributed by atoms with Gasteiger partial charge in [0.15, 0.2) is 0 Å². The first-order chi connectivity index (χ1) is 9.78. The molecule has 0 unspecified atom stereocenters. The number of hydrogen-bond donors (Lipinski definition) is 0. The fraction of sp³-hybridized carbons (Fsp3) is 0.154. The van der Waals surface area contributed by atoms with Crippen molar-refractivity contribution in [3.63, 3.8) is 0 Å². The minimum absolute atomic E-state index is 0.305. The van der Waals surface area contributed by atoms with Crippen molar-refractivity contribution in [1.82, 2.24) is 25.0 Å². The molecular formula is C13H11N5O2. The van der Waals surface area contributed by atoms with Gasteiger partial charge in [-0.15, -0.1) is 10.2 Å². The van der Waals surface area contributed by atoms with E-state index >= 15 is 0 Å². The maximum atomic E-state index is 11.6. The van der Waals surface area contributed by atoms with Gasteiger partial charge in [-0.2, -0.15) is 5.10 Å². The van der Waals surface area contributed by atoms with Gasteiger partial charge in [0.05, 0.1) is 23.9 Å². The first-order valence-electron chi connectivity index (χ1n) is 6.09. The fourth-order valence-corrected chi connectivity index (χ4v) is 1.72. The number of benzene rings is 1. The van der Waals surface area contributed by atoms with Crippen LogP contribution in [-0.2, 0) is 4.74 Å². The standard InChI is InChI=1S/C13H11N5O2/c1-2-20-12(19)9-7-14-18(8-9)13-15-10-5-3-4-6-11(10)16-17-13/h3-8H,2H2,1H3. The summed E-state index contributed by atoms with van der Waals surface area (Å²) < 4.78 is 6.29. The SMILES string of the molecule is CCOC(=O)c1cnn(-c2nnc3ccccc3n2)c1. The van der Waals surface area contributed by atoms with Crippen LogP contribution in [0.25, 0.3) is 17.0 Å². The van der Waals surface area contributed by atoms with Gasteiger partial charge in [0.1, 0.15) is 5.52 Å². The Bertz CT molecular complexity index is 768. The van der Waals surface area contributed by atoms with Gasteiger partial charge < -0.3 is 4.74 Å². The number of ether oxygens (including phenoxy) is 1. The van der Waals surface area contributed by atoms with Gasteiger partial charge in [-0.1, -0.05) is 12.1 Å². The van der Waals surface area contributed by atoms with Gasteiger partial charge in [0.25, 0.3) is 5.95 Å². The highest BCUT2D eigenvalue weighted by Gasteiger charge is 2.11. The normalized spacial score (nSPS) is 10.7. The van der Waals surface area contributed by atoms with Crippen LogP contribution in [0, 0.1) is 0 Å². The molecule has 0 amide bonds. The van der Waals surface area contributed by atoms with E-state index in [9.17, 15) is 4.79 Å². The summed E-state index contributed by atoms with van der Waals surface area (Å²) in [6.07, 6.45) is 2.93. The number of carbonyl (C=O) groups is 1. The number of para-hydroxylation sites is 1. The Balaban J connectivity index is 1.96. The van der Waals surface area contributed by atoms with Gasteiger partial charge in [0.2, 0.25) is 0 Å². The molecule has 0 spiro atoms. The summed E-state index contributed by atoms with van der Waals surface area (Å²) in [6.45, 7) is 2.07. The van der Waals surface area contributed by atoms with Crippen LogP contribution in [0.3, 0.4) is 0 Å². The average molecular weight is 269 g/mol. The van der Waals surface area contributed by atoms with E-state index in [0.29, 0.717) is 29.2 Å². The highest BCUT2D eigenvalue weighted by molar-refractivity contribution is 5.88. The summed E-state index contributed by atoms with van der Waals surface area (Å²) in [5.41, 5.74) is 1.77. The Morgan fingerprint density at radius 3 is 2.85 bits per heavy atom. The first kappa shape index (κ1) is 12.2. The van der Waals surface area contributed by atoms with Crippen molar-refractivity contribution in [3.8, 4) is 5.95 Å². The summed E-state index contributed by atoms with van der Waals surface area (Å²) in [7, 11) is 0. The highest BCUT2D eigenvalue weighted by atomic mass is 16.5. The second-order valence-electron chi connectivity index (χ2n) is 3.99. The molecule has 3 rings (SSSR count). The zero-order chi connectivity index (χ0) is 13.9. The Morgan fingerprint density at radius 1 is 1.25 bits per heavy atom. The molecule has 0 saturated heterocycles. The van der Waals surface area contributed by atoms with Crippen molar-refractivity contribution in [2.45, 2.75) is 6.92 Å². The van der Waals surface area contributed by atoms with Crippen LogP contribution in [-0.4, -0.2) is 37.5 Å². The number of fused-ring (bicyclic) bond motifs is 1. The maximum absolute atomic E-state index is 11.6. The molecule has 0 bridgehead atoms. The molecule has 0 fully saturated rings. The molecule has 100 valence electrons. The summed E-state index contributed by atoms with van der Waals surface area (Å²) in [5, 5.41) is 12.1. The van der Waals surface area contributed by atoms with Crippen LogP contribution < -0.4 is 0 Å². The van der Waals surface area contributed by atoms with E-state index in [1.54, 1.807) is 6.92 Å². The zero-order valence-corrected chi connectivity index (χ0v) is 10.7. The molecule has 2 heterocycles. The third-order valence-corrected chi connectivity index (χ3v) is 2.65. The molecular weight excluding hydrogens is 258 g/mol. The van der Waals surface area contributed by atoms with E-state index in [2.05, 4.69) is 20.3 Å². The van der Waals surface area contributed by atoms with E-state index in [1.807, 2.05) is 24.3 Å². The molecule has 7 nitrogen and oxygen atoms in total. The van der Waals surface area contributed by atoms with Crippen molar-refractivity contribution in [1.29, 1.82) is 0 Å². The molecule has 1 aromatic carbocycles. The number of aromatic nitrogens is 5. The quantitative estimate of drug-likeness (QED) is 0.668. The predicted octanol–water partition coefficient (Wildman–Crippen LogP) is 1.39. The smallest absolute Gasteiger partial charge is 0.341 e. The van der Waals surface area contributed by atoms with Crippen LogP contribution in [0.4, 0.5) is 0 Å². The molecule has 0 N–H and O–H groups in total. The lowest BCUT2D eigenvalue weighted by atomic mass is 10.3. The Labute approximate surface area is 114 Å². The molecule has 0 aliphatic rings. The number of rotatable bonds is 3. The molecule has 0 atom stereocenters. The van der Waals surface area contributed by atoms with Crippen molar-refractivity contribution in [2.24, 2.45) is 0 Å². The van der Waals surface area contributed by atoms with Crippen LogP contribution in [0.5, 0.6) is 0 Å². The largest absolute Gasteiger partial charge is 0.462 e. The van der Waals surface area contributed by atoms with Crippen molar-refractivity contribution in [3.05, 3.63) is 42.2 Å². The topological polar surface area (TPSA) is 82.8 Å². The lowest BCUT2D eigenvalue weighted by molar-refractivity contribution is 0.0526. The summed E-state index contributed by atoms with van der Waals surface area (Å²) in [6, 6.07) is 7.40. The molecule has 2 aromatic heterocycles. The number of nitrogens with zero attached hydrogens (tertiary/aromatic N) is 5. The van der Waals surface area contributed by atoms with E-state index in [0.717, 1.165) is 0 Å². The predicted molar refractivity (Wildman–Crippen MR) is 70.4 cm³/mol. The van der Waals surface area contributed by atoms with E-state index in [1.165, 1.54) is 17.1 Å². The lowest BCUT2D eigenvalue weighted by Gasteiger charge is -2.00. The summed E-state index contributed by atoms with van der Waals surface area (Å²) in [5.74, 6) is -0.119. The second kappa shape index (κ2) is 5.04. The number of hydrogen-bond acceptors (Lipinski definition) is 6. The van der Waals surface area contributed by atoms with E-state index in [-0.39, 0.29) is 0 Å². The minimum Gasteiger partial charge on any atom is -0.462 e.